The molecule has 2 amide bonds. The topological polar surface area (TPSA) is 242 Å². The molecular weight excluding hydrogens is 653 g/mol. The predicted molar refractivity (Wildman–Crippen MR) is 156 cm³/mol. The summed E-state index contributed by atoms with van der Waals surface area (Å²) in [5.41, 5.74) is 0.523. The van der Waals surface area contributed by atoms with E-state index in [4.69, 9.17) is 0 Å². The standard InChI is InChI=1S/C12H16N2O6S2.C11H14N2O6S2/c1-8(2)21(17,18)7-9-3-4-10(11(15)5-9)14-6-12(16)13-22(14,19)20;1-2-20(16,17)7-8-3-4-9(10(14)5-8)13-6-11(15)12-21(13,18)19/h3-5,8,15H,6-7H2,1-2H3,(H,13,16);3-5,14H,2,6-7H2,1H3,(H,12,15). The molecule has 0 atom stereocenters. The molecule has 0 bridgehead atoms. The van der Waals surface area contributed by atoms with Gasteiger partial charge in [0.05, 0.1) is 28.1 Å². The minimum atomic E-state index is -4.02. The molecule has 0 saturated carbocycles. The molecule has 2 saturated heterocycles. The van der Waals surface area contributed by atoms with Crippen molar-refractivity contribution in [1.29, 1.82) is 0 Å². The molecule has 0 radical (unpaired) electrons. The minimum Gasteiger partial charge on any atom is -0.506 e. The first-order valence-corrected chi connectivity index (χ1v) is 18.8. The molecule has 0 aliphatic carbocycles. The van der Waals surface area contributed by atoms with Crippen LogP contribution in [-0.2, 0) is 61.2 Å². The summed E-state index contributed by atoms with van der Waals surface area (Å²) in [5, 5.41) is 19.3. The van der Waals surface area contributed by atoms with Gasteiger partial charge < -0.3 is 10.2 Å². The third-order valence-corrected chi connectivity index (χ3v) is 12.8. The number of aromatic hydroxyl groups is 2. The van der Waals surface area contributed by atoms with Gasteiger partial charge in [0, 0.05) is 5.75 Å². The number of carbonyl (C=O) groups excluding carboxylic acids is 2. The number of rotatable bonds is 8. The van der Waals surface area contributed by atoms with Crippen LogP contribution >= 0.6 is 0 Å². The van der Waals surface area contributed by atoms with Crippen molar-refractivity contribution < 1.29 is 53.5 Å². The number of nitrogens with one attached hydrogen (secondary N) is 2. The third kappa shape index (κ3) is 8.06. The molecule has 4 rings (SSSR count). The molecule has 20 heteroatoms. The Bertz CT molecular complexity index is 1870. The second-order valence-corrected chi connectivity index (χ2v) is 17.9. The summed E-state index contributed by atoms with van der Waals surface area (Å²) in [6.07, 6.45) is 0. The molecular formula is C23H30N4O12S4. The average molecular weight is 683 g/mol. The first-order valence-electron chi connectivity index (χ1n) is 12.4. The summed E-state index contributed by atoms with van der Waals surface area (Å²) in [6.45, 7) is 3.76. The molecule has 16 nitrogen and oxygen atoms in total. The van der Waals surface area contributed by atoms with E-state index >= 15 is 0 Å². The number of hydrogen-bond acceptors (Lipinski definition) is 12. The second-order valence-electron chi connectivity index (χ2n) is 9.75. The first kappa shape index (κ1) is 33.9. The molecule has 2 aromatic carbocycles. The quantitative estimate of drug-likeness (QED) is 0.273. The van der Waals surface area contributed by atoms with Gasteiger partial charge in [-0.05, 0) is 49.2 Å². The lowest BCUT2D eigenvalue weighted by Crippen LogP contribution is -2.29. The molecule has 0 spiro atoms. The largest absolute Gasteiger partial charge is 0.506 e. The third-order valence-electron chi connectivity index (χ3n) is 6.17. The molecule has 2 aliphatic rings. The number of phenolic OH excluding ortho intramolecular Hbond substituents is 2. The van der Waals surface area contributed by atoms with E-state index in [0.29, 0.717) is 11.1 Å². The van der Waals surface area contributed by atoms with Crippen LogP contribution in [0.2, 0.25) is 0 Å². The lowest BCUT2D eigenvalue weighted by molar-refractivity contribution is -0.118. The van der Waals surface area contributed by atoms with Crippen molar-refractivity contribution in [1.82, 2.24) is 9.44 Å². The van der Waals surface area contributed by atoms with E-state index in [1.165, 1.54) is 43.3 Å². The molecule has 2 fully saturated rings. The zero-order valence-corrected chi connectivity index (χ0v) is 26.3. The van der Waals surface area contributed by atoms with Crippen molar-refractivity contribution in [3.05, 3.63) is 47.5 Å². The minimum absolute atomic E-state index is 0.0333. The number of phenols is 2. The maximum absolute atomic E-state index is 11.9. The normalized spacial score (nSPS) is 17.8. The molecule has 0 aromatic heterocycles. The number of carbonyl (C=O) groups is 2. The van der Waals surface area contributed by atoms with Gasteiger partial charge >= 0.3 is 20.4 Å². The Balaban J connectivity index is 0.000000236. The van der Waals surface area contributed by atoms with E-state index in [2.05, 4.69) is 0 Å². The van der Waals surface area contributed by atoms with Gasteiger partial charge in [-0.2, -0.15) is 16.8 Å². The summed E-state index contributed by atoms with van der Waals surface area (Å²) in [7, 11) is -14.6. The van der Waals surface area contributed by atoms with Crippen LogP contribution in [0.3, 0.4) is 0 Å². The Labute approximate surface area is 249 Å². The van der Waals surface area contributed by atoms with Gasteiger partial charge in [-0.15, -0.1) is 0 Å². The number of nitrogens with zero attached hydrogens (tertiary/aromatic N) is 2. The molecule has 0 unspecified atom stereocenters. The highest BCUT2D eigenvalue weighted by Crippen LogP contribution is 2.33. The highest BCUT2D eigenvalue weighted by molar-refractivity contribution is 7.92. The number of sulfone groups is 2. The Morgan fingerprint density at radius 3 is 1.47 bits per heavy atom. The zero-order chi connectivity index (χ0) is 32.5. The van der Waals surface area contributed by atoms with E-state index in [-0.39, 0.29) is 28.6 Å². The van der Waals surface area contributed by atoms with Crippen molar-refractivity contribution in [2.24, 2.45) is 0 Å². The SMILES string of the molecule is CC(C)S(=O)(=O)Cc1ccc(N2CC(=O)NS2(=O)=O)c(O)c1.CCS(=O)(=O)Cc1ccc(N2CC(=O)NS2(=O)=O)c(O)c1. The highest BCUT2D eigenvalue weighted by atomic mass is 32.2. The summed E-state index contributed by atoms with van der Waals surface area (Å²) >= 11 is 0. The molecule has 2 heterocycles. The van der Waals surface area contributed by atoms with E-state index in [1.54, 1.807) is 23.3 Å². The van der Waals surface area contributed by atoms with Gasteiger partial charge in [-0.1, -0.05) is 19.1 Å². The van der Waals surface area contributed by atoms with Gasteiger partial charge in [-0.25, -0.2) is 34.9 Å². The Morgan fingerprint density at radius 2 is 1.16 bits per heavy atom. The van der Waals surface area contributed by atoms with Crippen molar-refractivity contribution in [3.63, 3.8) is 0 Å². The monoisotopic (exact) mass is 682 g/mol. The van der Waals surface area contributed by atoms with E-state index in [0.717, 1.165) is 8.61 Å². The van der Waals surface area contributed by atoms with Crippen LogP contribution in [0.4, 0.5) is 11.4 Å². The van der Waals surface area contributed by atoms with E-state index in [1.807, 2.05) is 0 Å². The summed E-state index contributed by atoms with van der Waals surface area (Å²) in [4.78, 5) is 22.3. The molecule has 238 valence electrons. The molecule has 2 aromatic rings. The zero-order valence-electron chi connectivity index (χ0n) is 23.1. The van der Waals surface area contributed by atoms with Crippen molar-refractivity contribution >= 4 is 63.3 Å². The fourth-order valence-corrected chi connectivity index (χ4v) is 8.01. The van der Waals surface area contributed by atoms with Crippen molar-refractivity contribution in [2.75, 3.05) is 27.5 Å². The van der Waals surface area contributed by atoms with Gasteiger partial charge in [0.15, 0.2) is 19.7 Å². The summed E-state index contributed by atoms with van der Waals surface area (Å²) in [6, 6.07) is 7.73. The first-order chi connectivity index (χ1) is 19.7. The van der Waals surface area contributed by atoms with E-state index < -0.39 is 81.7 Å². The lowest BCUT2D eigenvalue weighted by Gasteiger charge is -2.17. The van der Waals surface area contributed by atoms with Crippen LogP contribution in [0.1, 0.15) is 31.9 Å². The number of anilines is 2. The van der Waals surface area contributed by atoms with Crippen LogP contribution < -0.4 is 18.1 Å². The van der Waals surface area contributed by atoms with Crippen LogP contribution in [0.25, 0.3) is 0 Å². The summed E-state index contributed by atoms with van der Waals surface area (Å²) in [5.74, 6) is -2.76. The van der Waals surface area contributed by atoms with Gasteiger partial charge in [0.2, 0.25) is 0 Å². The van der Waals surface area contributed by atoms with Crippen LogP contribution in [0.5, 0.6) is 11.5 Å². The molecule has 4 N–H and O–H groups in total. The average Bonchev–Trinajstić information content (AvgIpc) is 3.29. The van der Waals surface area contributed by atoms with Gasteiger partial charge in [0.1, 0.15) is 24.6 Å². The summed E-state index contributed by atoms with van der Waals surface area (Å²) < 4.78 is 98.6. The van der Waals surface area contributed by atoms with Gasteiger partial charge in [0.25, 0.3) is 11.8 Å². The van der Waals surface area contributed by atoms with Crippen LogP contribution in [-0.4, -0.2) is 79.8 Å². The lowest BCUT2D eigenvalue weighted by atomic mass is 10.2. The highest BCUT2D eigenvalue weighted by Gasteiger charge is 2.36. The molecule has 43 heavy (non-hydrogen) atoms. The maximum atomic E-state index is 11.9. The second kappa shape index (κ2) is 12.2. The molecule has 2 aliphatic heterocycles. The Kier molecular flexibility index (Phi) is 9.59. The number of hydrogen-bond donors (Lipinski definition) is 4. The van der Waals surface area contributed by atoms with Crippen LogP contribution in [0.15, 0.2) is 36.4 Å². The Morgan fingerprint density at radius 1 is 0.767 bits per heavy atom. The van der Waals surface area contributed by atoms with Gasteiger partial charge in [-0.3, -0.25) is 9.59 Å². The van der Waals surface area contributed by atoms with Crippen molar-refractivity contribution in [2.45, 2.75) is 37.5 Å². The fraction of sp³-hybridized carbons (Fsp3) is 0.391. The predicted octanol–water partition coefficient (Wildman–Crippen LogP) is -0.596. The smallest absolute Gasteiger partial charge is 0.326 e. The maximum Gasteiger partial charge on any atom is 0.326 e. The number of amides is 2. The Hall–Kier alpha value is -3.62. The van der Waals surface area contributed by atoms with Crippen LogP contribution in [0, 0.1) is 0 Å². The van der Waals surface area contributed by atoms with Crippen molar-refractivity contribution in [3.8, 4) is 11.5 Å². The van der Waals surface area contributed by atoms with E-state index in [9.17, 15) is 53.5 Å². The fourth-order valence-electron chi connectivity index (χ4n) is 3.82. The number of benzene rings is 2.